The van der Waals surface area contributed by atoms with Crippen molar-refractivity contribution >= 4 is 43.6 Å². The number of aromatic nitrogens is 7. The molecule has 5 aromatic heterocycles. The van der Waals surface area contributed by atoms with E-state index >= 15 is 0 Å². The van der Waals surface area contributed by atoms with Gasteiger partial charge in [0.25, 0.3) is 0 Å². The molecule has 0 unspecified atom stereocenters. The lowest BCUT2D eigenvalue weighted by atomic mass is 10.0. The normalized spacial score (nSPS) is 11.6. The number of hydrogen-bond acceptors (Lipinski definition) is 5. The van der Waals surface area contributed by atoms with Crippen LogP contribution >= 0.6 is 0 Å². The molecule has 11 aromatic rings. The maximum atomic E-state index is 4.91. The van der Waals surface area contributed by atoms with Crippen molar-refractivity contribution < 1.29 is 0 Å². The third-order valence-corrected chi connectivity index (χ3v) is 10.6. The van der Waals surface area contributed by atoms with E-state index in [4.69, 9.17) is 15.0 Å². The molecule has 7 heteroatoms. The molecule has 11 rings (SSSR count). The second-order valence-corrected chi connectivity index (χ2v) is 13.8. The molecule has 262 valence electrons. The van der Waals surface area contributed by atoms with Gasteiger partial charge >= 0.3 is 0 Å². The number of para-hydroxylation sites is 3. The maximum Gasteiger partial charge on any atom is 0.164 e. The largest absolute Gasteiger partial charge is 0.309 e. The van der Waals surface area contributed by atoms with Crippen LogP contribution in [0.4, 0.5) is 0 Å². The number of benzene rings is 6. The monoisotopic (exact) mass is 717 g/mol. The molecule has 0 amide bonds. The van der Waals surface area contributed by atoms with E-state index in [-0.39, 0.29) is 0 Å². The van der Waals surface area contributed by atoms with Gasteiger partial charge < -0.3 is 9.13 Å². The van der Waals surface area contributed by atoms with Crippen molar-refractivity contribution in [1.29, 1.82) is 0 Å². The Hall–Kier alpha value is -7.77. The third kappa shape index (κ3) is 5.25. The summed E-state index contributed by atoms with van der Waals surface area (Å²) in [5, 5.41) is 4.89. The Morgan fingerprint density at radius 1 is 0.286 bits per heavy atom. The predicted octanol–water partition coefficient (Wildman–Crippen LogP) is 11.5. The summed E-state index contributed by atoms with van der Waals surface area (Å²) in [5.41, 5.74) is 11.9. The number of pyridine rings is 2. The standard InChI is InChI=1S/C49H31N7/c1-2-8-37(9-3-1)55-43-12-6-4-10-39(43)41-30-35(16-20-45(41)55)36-17-21-46-42(31-36)40-11-5-7-13-44(40)56(46)38-18-14-32(15-19-38)47-52-48(33-22-26-50-27-23-33)54-49(53-47)34-24-28-51-29-25-34/h1-31H. The molecule has 0 aliphatic rings. The first kappa shape index (κ1) is 31.7. The molecule has 0 fully saturated rings. The minimum Gasteiger partial charge on any atom is -0.309 e. The molecular formula is C49H31N7. The van der Waals surface area contributed by atoms with E-state index < -0.39 is 0 Å². The van der Waals surface area contributed by atoms with E-state index in [2.05, 4.69) is 159 Å². The summed E-state index contributed by atoms with van der Waals surface area (Å²) in [6, 6.07) is 57.7. The molecular weight excluding hydrogens is 687 g/mol. The molecule has 0 spiro atoms. The van der Waals surface area contributed by atoms with Crippen molar-refractivity contribution in [3.05, 3.63) is 189 Å². The van der Waals surface area contributed by atoms with Crippen molar-refractivity contribution in [2.24, 2.45) is 0 Å². The van der Waals surface area contributed by atoms with Crippen molar-refractivity contribution in [3.63, 3.8) is 0 Å². The van der Waals surface area contributed by atoms with Gasteiger partial charge in [0, 0.05) is 74.4 Å². The first-order valence-corrected chi connectivity index (χ1v) is 18.6. The Labute approximate surface area is 321 Å². The summed E-state index contributed by atoms with van der Waals surface area (Å²) >= 11 is 0. The van der Waals surface area contributed by atoms with E-state index in [9.17, 15) is 0 Å². The molecule has 0 aliphatic carbocycles. The highest BCUT2D eigenvalue weighted by Gasteiger charge is 2.17. The Balaban J connectivity index is 1.01. The van der Waals surface area contributed by atoms with Crippen LogP contribution in [0.1, 0.15) is 0 Å². The molecule has 0 saturated carbocycles. The number of nitrogens with zero attached hydrogens (tertiary/aromatic N) is 7. The van der Waals surface area contributed by atoms with Crippen LogP contribution < -0.4 is 0 Å². The second-order valence-electron chi connectivity index (χ2n) is 13.8. The van der Waals surface area contributed by atoms with Crippen LogP contribution in [0.15, 0.2) is 189 Å². The fraction of sp³-hybridized carbons (Fsp3) is 0. The number of fused-ring (bicyclic) bond motifs is 6. The first-order valence-electron chi connectivity index (χ1n) is 18.6. The highest BCUT2D eigenvalue weighted by molar-refractivity contribution is 6.12. The highest BCUT2D eigenvalue weighted by atomic mass is 15.0. The zero-order valence-electron chi connectivity index (χ0n) is 30.0. The van der Waals surface area contributed by atoms with Crippen LogP contribution in [0.3, 0.4) is 0 Å². The van der Waals surface area contributed by atoms with Crippen LogP contribution in [0.2, 0.25) is 0 Å². The molecule has 0 saturated heterocycles. The van der Waals surface area contributed by atoms with E-state index in [0.29, 0.717) is 17.5 Å². The lowest BCUT2D eigenvalue weighted by molar-refractivity contribution is 1.07. The van der Waals surface area contributed by atoms with Crippen LogP contribution in [0.5, 0.6) is 0 Å². The van der Waals surface area contributed by atoms with E-state index in [1.807, 2.05) is 24.3 Å². The lowest BCUT2D eigenvalue weighted by Gasteiger charge is -2.11. The summed E-state index contributed by atoms with van der Waals surface area (Å²) in [5.74, 6) is 1.78. The van der Waals surface area contributed by atoms with E-state index in [1.165, 1.54) is 43.7 Å². The van der Waals surface area contributed by atoms with Gasteiger partial charge in [0.1, 0.15) is 0 Å². The SMILES string of the molecule is c1ccc(-n2c3ccccc3c3cc(-c4ccc5c(c4)c4ccccc4n5-c4ccc(-c5nc(-c6ccncc6)nc(-c6ccncc6)n5)cc4)ccc32)cc1. The molecule has 0 atom stereocenters. The third-order valence-electron chi connectivity index (χ3n) is 10.6. The minimum atomic E-state index is 0.590. The van der Waals surface area contributed by atoms with Crippen LogP contribution in [0, 0.1) is 0 Å². The Bertz CT molecular complexity index is 3170. The van der Waals surface area contributed by atoms with Gasteiger partial charge in [0.05, 0.1) is 22.1 Å². The quantitative estimate of drug-likeness (QED) is 0.171. The Morgan fingerprint density at radius 3 is 1.14 bits per heavy atom. The molecule has 0 bridgehead atoms. The van der Waals surface area contributed by atoms with Crippen LogP contribution in [0.25, 0.3) is 100 Å². The van der Waals surface area contributed by atoms with Crippen molar-refractivity contribution in [2.45, 2.75) is 0 Å². The number of rotatable bonds is 6. The molecule has 0 aliphatic heterocycles. The van der Waals surface area contributed by atoms with Crippen LogP contribution in [-0.2, 0) is 0 Å². The highest BCUT2D eigenvalue weighted by Crippen LogP contribution is 2.38. The molecule has 7 nitrogen and oxygen atoms in total. The molecule has 0 radical (unpaired) electrons. The molecule has 5 heterocycles. The van der Waals surface area contributed by atoms with Gasteiger partial charge in [-0.25, -0.2) is 15.0 Å². The van der Waals surface area contributed by atoms with E-state index in [0.717, 1.165) is 39.1 Å². The first-order chi connectivity index (χ1) is 27.8. The van der Waals surface area contributed by atoms with Gasteiger partial charge in [-0.2, -0.15) is 0 Å². The van der Waals surface area contributed by atoms with Gasteiger partial charge in [-0.05, 0) is 108 Å². The smallest absolute Gasteiger partial charge is 0.164 e. The summed E-state index contributed by atoms with van der Waals surface area (Å²) in [4.78, 5) is 23.0. The minimum absolute atomic E-state index is 0.590. The second kappa shape index (κ2) is 13.0. The molecule has 6 aromatic carbocycles. The average molecular weight is 718 g/mol. The van der Waals surface area contributed by atoms with Crippen molar-refractivity contribution in [3.8, 4) is 56.7 Å². The van der Waals surface area contributed by atoms with Gasteiger partial charge in [-0.3, -0.25) is 9.97 Å². The van der Waals surface area contributed by atoms with Gasteiger partial charge in [0.2, 0.25) is 0 Å². The van der Waals surface area contributed by atoms with Gasteiger partial charge in [-0.1, -0.05) is 66.7 Å². The van der Waals surface area contributed by atoms with Gasteiger partial charge in [0.15, 0.2) is 17.5 Å². The Morgan fingerprint density at radius 2 is 0.661 bits per heavy atom. The average Bonchev–Trinajstić information content (AvgIpc) is 3.79. The molecule has 56 heavy (non-hydrogen) atoms. The van der Waals surface area contributed by atoms with Crippen molar-refractivity contribution in [2.75, 3.05) is 0 Å². The summed E-state index contributed by atoms with van der Waals surface area (Å²) in [6.07, 6.45) is 6.99. The topological polar surface area (TPSA) is 74.3 Å². The molecule has 0 N–H and O–H groups in total. The zero-order valence-corrected chi connectivity index (χ0v) is 30.0. The predicted molar refractivity (Wildman–Crippen MR) is 226 cm³/mol. The van der Waals surface area contributed by atoms with Crippen molar-refractivity contribution in [1.82, 2.24) is 34.1 Å². The van der Waals surface area contributed by atoms with Crippen LogP contribution in [-0.4, -0.2) is 34.1 Å². The van der Waals surface area contributed by atoms with Gasteiger partial charge in [-0.15, -0.1) is 0 Å². The zero-order chi connectivity index (χ0) is 37.0. The summed E-state index contributed by atoms with van der Waals surface area (Å²) in [6.45, 7) is 0. The van der Waals surface area contributed by atoms with E-state index in [1.54, 1.807) is 24.8 Å². The Kier molecular flexibility index (Phi) is 7.35. The lowest BCUT2D eigenvalue weighted by Crippen LogP contribution is -2.00. The summed E-state index contributed by atoms with van der Waals surface area (Å²) < 4.78 is 4.70. The fourth-order valence-corrected chi connectivity index (χ4v) is 7.96. The number of hydrogen-bond donors (Lipinski definition) is 0. The summed E-state index contributed by atoms with van der Waals surface area (Å²) in [7, 11) is 0. The fourth-order valence-electron chi connectivity index (χ4n) is 7.96. The maximum absolute atomic E-state index is 4.91.